The van der Waals surface area contributed by atoms with E-state index in [4.69, 9.17) is 11.6 Å². The Balaban J connectivity index is 2.60. The smallest absolute Gasteiger partial charge is 0.228 e. The molecule has 0 aromatic heterocycles. The first kappa shape index (κ1) is 11.3. The third-order valence-corrected chi connectivity index (χ3v) is 3.37. The molecule has 86 valence electrons. The Morgan fingerprint density at radius 3 is 2.88 bits per heavy atom. The summed E-state index contributed by atoms with van der Waals surface area (Å²) in [5.41, 5.74) is 2.81. The Bertz CT molecular complexity index is 445. The number of fused-ring (bicyclic) bond motifs is 1. The summed E-state index contributed by atoms with van der Waals surface area (Å²) in [7, 11) is 1.80. The molecule has 1 aromatic rings. The van der Waals surface area contributed by atoms with Gasteiger partial charge in [0, 0.05) is 24.5 Å². The summed E-state index contributed by atoms with van der Waals surface area (Å²) in [5, 5.41) is 4.02. The highest BCUT2D eigenvalue weighted by molar-refractivity contribution is 6.32. The zero-order chi connectivity index (χ0) is 11.9. The van der Waals surface area contributed by atoms with Crippen molar-refractivity contribution in [2.75, 3.05) is 17.3 Å². The number of halogens is 1. The third kappa shape index (κ3) is 1.76. The molecule has 1 heterocycles. The van der Waals surface area contributed by atoms with Crippen LogP contribution in [0.3, 0.4) is 0 Å². The van der Waals surface area contributed by atoms with Gasteiger partial charge in [0.05, 0.1) is 11.4 Å². The molecule has 16 heavy (non-hydrogen) atoms. The van der Waals surface area contributed by atoms with Crippen molar-refractivity contribution in [1.29, 1.82) is 0 Å². The van der Waals surface area contributed by atoms with Crippen LogP contribution in [0.25, 0.3) is 0 Å². The summed E-state index contributed by atoms with van der Waals surface area (Å²) < 4.78 is 0. The van der Waals surface area contributed by atoms with Crippen LogP contribution in [0.1, 0.15) is 18.9 Å². The number of hydrogen-bond donors (Lipinski definition) is 1. The second kappa shape index (κ2) is 3.98. The number of rotatable bonds is 0. The molecule has 0 saturated heterocycles. The molecule has 2 rings (SSSR count). The molecule has 0 spiro atoms. The maximum Gasteiger partial charge on any atom is 0.228 e. The summed E-state index contributed by atoms with van der Waals surface area (Å²) in [5.74, 6) is 0.115. The molecule has 0 aliphatic carbocycles. The van der Waals surface area contributed by atoms with Gasteiger partial charge in [0.15, 0.2) is 0 Å². The molecule has 4 heteroatoms. The quantitative estimate of drug-likeness (QED) is 0.754. The van der Waals surface area contributed by atoms with Gasteiger partial charge in [0.2, 0.25) is 5.91 Å². The lowest BCUT2D eigenvalue weighted by Gasteiger charge is -2.20. The second-order valence-corrected chi connectivity index (χ2v) is 4.68. The van der Waals surface area contributed by atoms with Gasteiger partial charge in [-0.3, -0.25) is 4.79 Å². The van der Waals surface area contributed by atoms with Crippen molar-refractivity contribution >= 4 is 28.9 Å². The van der Waals surface area contributed by atoms with E-state index >= 15 is 0 Å². The maximum atomic E-state index is 11.9. The zero-order valence-corrected chi connectivity index (χ0v) is 10.4. The van der Waals surface area contributed by atoms with E-state index in [2.05, 4.69) is 5.32 Å². The van der Waals surface area contributed by atoms with Crippen molar-refractivity contribution in [2.24, 2.45) is 0 Å². The van der Waals surface area contributed by atoms with Gasteiger partial charge in [-0.15, -0.1) is 0 Å². The van der Waals surface area contributed by atoms with E-state index in [9.17, 15) is 4.79 Å². The van der Waals surface area contributed by atoms with Crippen LogP contribution in [-0.2, 0) is 4.79 Å². The highest BCUT2D eigenvalue weighted by Gasteiger charge is 2.24. The molecule has 0 saturated carbocycles. The molecule has 1 aliphatic heterocycles. The molecule has 1 amide bonds. The van der Waals surface area contributed by atoms with Crippen molar-refractivity contribution in [3.63, 3.8) is 0 Å². The van der Waals surface area contributed by atoms with Crippen LogP contribution in [0.5, 0.6) is 0 Å². The summed E-state index contributed by atoms with van der Waals surface area (Å²) >= 11 is 6.08. The largest absolute Gasteiger partial charge is 0.380 e. The van der Waals surface area contributed by atoms with Gasteiger partial charge in [-0.05, 0) is 31.5 Å². The van der Waals surface area contributed by atoms with Gasteiger partial charge in [-0.1, -0.05) is 11.6 Å². The number of carbonyl (C=O) groups excluding carboxylic acids is 1. The average Bonchev–Trinajstić information content (AvgIpc) is 2.32. The minimum atomic E-state index is 0.115. The Kier molecular flexibility index (Phi) is 2.80. The Hall–Kier alpha value is -1.22. The number of benzene rings is 1. The fraction of sp³-hybridized carbons (Fsp3) is 0.417. The SMILES string of the molecule is Cc1c(Cl)ccc2c1N(C)C(=O)CC(C)N2. The van der Waals surface area contributed by atoms with Gasteiger partial charge < -0.3 is 10.2 Å². The molecule has 1 unspecified atom stereocenters. The maximum absolute atomic E-state index is 11.9. The Labute approximate surface area is 100 Å². The molecule has 1 aromatic carbocycles. The highest BCUT2D eigenvalue weighted by atomic mass is 35.5. The molecule has 1 aliphatic rings. The van der Waals surface area contributed by atoms with Gasteiger partial charge in [0.1, 0.15) is 0 Å². The molecule has 0 fully saturated rings. The number of nitrogens with zero attached hydrogens (tertiary/aromatic N) is 1. The van der Waals surface area contributed by atoms with E-state index in [1.165, 1.54) is 0 Å². The first-order valence-corrected chi connectivity index (χ1v) is 5.70. The number of carbonyl (C=O) groups is 1. The van der Waals surface area contributed by atoms with Crippen LogP contribution >= 0.6 is 11.6 Å². The van der Waals surface area contributed by atoms with E-state index < -0.39 is 0 Å². The van der Waals surface area contributed by atoms with E-state index in [1.54, 1.807) is 11.9 Å². The first-order valence-electron chi connectivity index (χ1n) is 5.33. The predicted octanol–water partition coefficient (Wildman–Crippen LogP) is 2.82. The van der Waals surface area contributed by atoms with Crippen molar-refractivity contribution in [2.45, 2.75) is 26.3 Å². The normalized spacial score (nSPS) is 20.1. The van der Waals surface area contributed by atoms with Gasteiger partial charge in [-0.25, -0.2) is 0 Å². The van der Waals surface area contributed by atoms with E-state index in [-0.39, 0.29) is 11.9 Å². The van der Waals surface area contributed by atoms with Crippen LogP contribution in [-0.4, -0.2) is 19.0 Å². The van der Waals surface area contributed by atoms with Gasteiger partial charge >= 0.3 is 0 Å². The fourth-order valence-electron chi connectivity index (χ4n) is 2.06. The molecule has 3 nitrogen and oxygen atoms in total. The average molecular weight is 239 g/mol. The van der Waals surface area contributed by atoms with Crippen LogP contribution in [0.2, 0.25) is 5.02 Å². The van der Waals surface area contributed by atoms with E-state index in [0.717, 1.165) is 16.9 Å². The Morgan fingerprint density at radius 1 is 1.50 bits per heavy atom. The van der Waals surface area contributed by atoms with Crippen LogP contribution in [0.4, 0.5) is 11.4 Å². The first-order chi connectivity index (χ1) is 7.50. The highest BCUT2D eigenvalue weighted by Crippen LogP contribution is 2.36. The van der Waals surface area contributed by atoms with E-state index in [1.807, 2.05) is 26.0 Å². The zero-order valence-electron chi connectivity index (χ0n) is 9.67. The molecule has 1 N–H and O–H groups in total. The number of anilines is 2. The lowest BCUT2D eigenvalue weighted by Crippen LogP contribution is -2.27. The minimum Gasteiger partial charge on any atom is -0.380 e. The van der Waals surface area contributed by atoms with Crippen LogP contribution < -0.4 is 10.2 Å². The molecular weight excluding hydrogens is 224 g/mol. The predicted molar refractivity (Wildman–Crippen MR) is 67.3 cm³/mol. The number of nitrogens with one attached hydrogen (secondary N) is 1. The van der Waals surface area contributed by atoms with Crippen molar-refractivity contribution in [3.05, 3.63) is 22.7 Å². The summed E-state index contributed by atoms with van der Waals surface area (Å²) in [6.45, 7) is 3.94. The lowest BCUT2D eigenvalue weighted by atomic mass is 10.1. The van der Waals surface area contributed by atoms with Crippen molar-refractivity contribution < 1.29 is 4.79 Å². The third-order valence-electron chi connectivity index (χ3n) is 2.96. The minimum absolute atomic E-state index is 0.115. The lowest BCUT2D eigenvalue weighted by molar-refractivity contribution is -0.118. The second-order valence-electron chi connectivity index (χ2n) is 4.27. The number of hydrogen-bond acceptors (Lipinski definition) is 2. The fourth-order valence-corrected chi connectivity index (χ4v) is 2.22. The van der Waals surface area contributed by atoms with Crippen molar-refractivity contribution in [1.82, 2.24) is 0 Å². The molecular formula is C12H15ClN2O. The summed E-state index contributed by atoms with van der Waals surface area (Å²) in [4.78, 5) is 13.6. The van der Waals surface area contributed by atoms with Crippen LogP contribution in [0.15, 0.2) is 12.1 Å². The molecule has 1 atom stereocenters. The van der Waals surface area contributed by atoms with Crippen molar-refractivity contribution in [3.8, 4) is 0 Å². The van der Waals surface area contributed by atoms with E-state index in [0.29, 0.717) is 11.4 Å². The summed E-state index contributed by atoms with van der Waals surface area (Å²) in [6.07, 6.45) is 0.502. The monoisotopic (exact) mass is 238 g/mol. The van der Waals surface area contributed by atoms with Gasteiger partial charge in [-0.2, -0.15) is 0 Å². The Morgan fingerprint density at radius 2 is 2.19 bits per heavy atom. The summed E-state index contributed by atoms with van der Waals surface area (Å²) in [6, 6.07) is 3.94. The molecule has 0 bridgehead atoms. The van der Waals surface area contributed by atoms with Gasteiger partial charge in [0.25, 0.3) is 0 Å². The van der Waals surface area contributed by atoms with Crippen LogP contribution in [0, 0.1) is 6.92 Å². The standard InChI is InChI=1S/C12H15ClN2O/c1-7-6-11(16)15(3)12-8(2)9(13)4-5-10(12)14-7/h4-5,7,14H,6H2,1-3H3. The topological polar surface area (TPSA) is 32.3 Å². The number of amides is 1. The molecule has 0 radical (unpaired) electrons.